The van der Waals surface area contributed by atoms with Gasteiger partial charge < -0.3 is 10.1 Å². The van der Waals surface area contributed by atoms with Crippen LogP contribution in [0.1, 0.15) is 24.6 Å². The number of nitrogens with zero attached hydrogens (tertiary/aromatic N) is 3. The van der Waals surface area contributed by atoms with Gasteiger partial charge in [-0.05, 0) is 25.0 Å². The Bertz CT molecular complexity index is 1000. The molecule has 9 nitrogen and oxygen atoms in total. The van der Waals surface area contributed by atoms with Crippen molar-refractivity contribution in [3.63, 3.8) is 0 Å². The molecule has 0 bridgehead atoms. The van der Waals surface area contributed by atoms with Gasteiger partial charge in [0, 0.05) is 12.1 Å². The molecule has 1 aromatic heterocycles. The lowest BCUT2D eigenvalue weighted by atomic mass is 10.2. The zero-order chi connectivity index (χ0) is 20.9. The van der Waals surface area contributed by atoms with Crippen molar-refractivity contribution in [2.75, 3.05) is 11.5 Å². The summed E-state index contributed by atoms with van der Waals surface area (Å²) in [6.07, 6.45) is 3.64. The smallest absolute Gasteiger partial charge is 0.331 e. The highest BCUT2D eigenvalue weighted by molar-refractivity contribution is 7.91. The Morgan fingerprint density at radius 1 is 1.34 bits per heavy atom. The largest absolute Gasteiger partial charge is 0.449 e. The summed E-state index contributed by atoms with van der Waals surface area (Å²) in [4.78, 5) is 24.0. The first-order chi connectivity index (χ1) is 13.8. The first-order valence-corrected chi connectivity index (χ1v) is 11.0. The molecule has 1 saturated heterocycles. The van der Waals surface area contributed by atoms with E-state index in [4.69, 9.17) is 4.74 Å². The van der Waals surface area contributed by atoms with Gasteiger partial charge in [0.15, 0.2) is 15.9 Å². The summed E-state index contributed by atoms with van der Waals surface area (Å²) in [6.45, 7) is 1.99. The van der Waals surface area contributed by atoms with Crippen LogP contribution in [0, 0.1) is 0 Å². The third kappa shape index (κ3) is 6.24. The summed E-state index contributed by atoms with van der Waals surface area (Å²) in [5.41, 5.74) is 1.55. The molecule has 1 fully saturated rings. The van der Waals surface area contributed by atoms with E-state index in [1.54, 1.807) is 10.9 Å². The molecule has 10 heteroatoms. The van der Waals surface area contributed by atoms with Gasteiger partial charge in [-0.15, -0.1) is 5.10 Å². The quantitative estimate of drug-likeness (QED) is 0.516. The summed E-state index contributed by atoms with van der Waals surface area (Å²) in [5.74, 6) is -1.26. The molecule has 2 atom stereocenters. The van der Waals surface area contributed by atoms with Crippen molar-refractivity contribution >= 4 is 27.8 Å². The van der Waals surface area contributed by atoms with Crippen molar-refractivity contribution < 1.29 is 22.7 Å². The predicted octanol–water partition coefficient (Wildman–Crippen LogP) is 0.575. The lowest BCUT2D eigenvalue weighted by molar-refractivity contribution is -0.150. The second-order valence-electron chi connectivity index (χ2n) is 6.85. The number of esters is 1. The molecule has 1 N–H and O–H groups in total. The van der Waals surface area contributed by atoms with Crippen LogP contribution in [0.15, 0.2) is 42.6 Å². The highest BCUT2D eigenvalue weighted by atomic mass is 32.2. The fourth-order valence-corrected chi connectivity index (χ4v) is 4.56. The van der Waals surface area contributed by atoms with E-state index >= 15 is 0 Å². The van der Waals surface area contributed by atoms with E-state index in [0.717, 1.165) is 5.56 Å². The zero-order valence-corrected chi connectivity index (χ0v) is 16.7. The van der Waals surface area contributed by atoms with Gasteiger partial charge in [0.05, 0.1) is 24.2 Å². The third-order valence-electron chi connectivity index (χ3n) is 4.37. The lowest BCUT2D eigenvalue weighted by Gasteiger charge is -2.15. The second kappa shape index (κ2) is 8.99. The number of amides is 1. The molecule has 1 aromatic carbocycles. The molecule has 0 saturated carbocycles. The van der Waals surface area contributed by atoms with Crippen LogP contribution in [0.25, 0.3) is 6.08 Å². The molecule has 1 aliphatic heterocycles. The van der Waals surface area contributed by atoms with Gasteiger partial charge in [-0.3, -0.25) is 4.79 Å². The van der Waals surface area contributed by atoms with Crippen LogP contribution < -0.4 is 5.32 Å². The monoisotopic (exact) mass is 418 g/mol. The van der Waals surface area contributed by atoms with E-state index in [9.17, 15) is 18.0 Å². The first kappa shape index (κ1) is 20.7. The number of sulfone groups is 1. The molecule has 0 aliphatic carbocycles. The standard InChI is InChI=1S/C19H22N4O5S/c1-14(19(25)20-17-9-10-29(26,27)13-17)28-18(24)8-7-16-12-23(22-21-16)11-15-5-3-2-4-6-15/h2-8,12,14,17H,9-11,13H2,1H3,(H,20,25)/b8-7+/t14-,17+/m0/s1. The molecule has 3 rings (SSSR count). The van der Waals surface area contributed by atoms with Crippen LogP contribution in [0.3, 0.4) is 0 Å². The van der Waals surface area contributed by atoms with E-state index in [1.807, 2.05) is 30.3 Å². The minimum atomic E-state index is -3.10. The highest BCUT2D eigenvalue weighted by Crippen LogP contribution is 2.11. The predicted molar refractivity (Wildman–Crippen MR) is 105 cm³/mol. The van der Waals surface area contributed by atoms with Crippen molar-refractivity contribution in [1.82, 2.24) is 20.3 Å². The van der Waals surface area contributed by atoms with Gasteiger partial charge in [0.25, 0.3) is 5.91 Å². The fourth-order valence-electron chi connectivity index (χ4n) is 2.89. The zero-order valence-electron chi connectivity index (χ0n) is 15.9. The number of carbonyl (C=O) groups is 2. The molecular formula is C19H22N4O5S. The number of aromatic nitrogens is 3. The number of hydrogen-bond donors (Lipinski definition) is 1. The normalized spacial score (nSPS) is 19.1. The summed E-state index contributed by atoms with van der Waals surface area (Å²) in [7, 11) is -3.10. The van der Waals surface area contributed by atoms with Crippen molar-refractivity contribution in [2.24, 2.45) is 0 Å². The molecule has 0 spiro atoms. The maximum absolute atomic E-state index is 12.1. The Hall–Kier alpha value is -3.01. The van der Waals surface area contributed by atoms with Crippen molar-refractivity contribution in [1.29, 1.82) is 0 Å². The van der Waals surface area contributed by atoms with Gasteiger partial charge in [-0.1, -0.05) is 35.5 Å². The number of ether oxygens (including phenoxy) is 1. The first-order valence-electron chi connectivity index (χ1n) is 9.14. The average molecular weight is 418 g/mol. The molecule has 2 aromatic rings. The van der Waals surface area contributed by atoms with E-state index in [0.29, 0.717) is 18.7 Å². The lowest BCUT2D eigenvalue weighted by Crippen LogP contribution is -2.42. The summed E-state index contributed by atoms with van der Waals surface area (Å²) < 4.78 is 29.6. The van der Waals surface area contributed by atoms with Gasteiger partial charge in [0.1, 0.15) is 5.69 Å². The van der Waals surface area contributed by atoms with Crippen LogP contribution >= 0.6 is 0 Å². The van der Waals surface area contributed by atoms with Crippen LogP contribution in [0.2, 0.25) is 0 Å². The van der Waals surface area contributed by atoms with Crippen LogP contribution in [0.5, 0.6) is 0 Å². The molecule has 0 radical (unpaired) electrons. The minimum absolute atomic E-state index is 0.0554. The Kier molecular flexibility index (Phi) is 6.42. The van der Waals surface area contributed by atoms with Crippen LogP contribution in [-0.2, 0) is 30.7 Å². The minimum Gasteiger partial charge on any atom is -0.449 e. The van der Waals surface area contributed by atoms with E-state index < -0.39 is 33.9 Å². The third-order valence-corrected chi connectivity index (χ3v) is 6.14. The summed E-state index contributed by atoms with van der Waals surface area (Å²) in [5, 5.41) is 10.6. The van der Waals surface area contributed by atoms with E-state index in [-0.39, 0.29) is 11.5 Å². The second-order valence-corrected chi connectivity index (χ2v) is 9.08. The maximum Gasteiger partial charge on any atom is 0.331 e. The van der Waals surface area contributed by atoms with Gasteiger partial charge in [-0.2, -0.15) is 0 Å². The average Bonchev–Trinajstić information content (AvgIpc) is 3.26. The van der Waals surface area contributed by atoms with Crippen LogP contribution in [0.4, 0.5) is 0 Å². The SMILES string of the molecule is C[C@H](OC(=O)/C=C/c1cn(Cc2ccccc2)nn1)C(=O)N[C@@H]1CCS(=O)(=O)C1. The summed E-state index contributed by atoms with van der Waals surface area (Å²) >= 11 is 0. The number of nitrogens with one attached hydrogen (secondary N) is 1. The van der Waals surface area contributed by atoms with Crippen molar-refractivity contribution in [3.05, 3.63) is 53.9 Å². The Morgan fingerprint density at radius 2 is 2.10 bits per heavy atom. The Morgan fingerprint density at radius 3 is 2.79 bits per heavy atom. The van der Waals surface area contributed by atoms with Gasteiger partial charge in [0.2, 0.25) is 0 Å². The Balaban J connectivity index is 1.47. The number of hydrogen-bond acceptors (Lipinski definition) is 7. The van der Waals surface area contributed by atoms with Crippen molar-refractivity contribution in [3.8, 4) is 0 Å². The molecule has 154 valence electrons. The molecule has 1 aliphatic rings. The summed E-state index contributed by atoms with van der Waals surface area (Å²) in [6, 6.07) is 9.31. The maximum atomic E-state index is 12.1. The van der Waals surface area contributed by atoms with E-state index in [2.05, 4.69) is 15.6 Å². The van der Waals surface area contributed by atoms with Crippen molar-refractivity contribution in [2.45, 2.75) is 32.0 Å². The highest BCUT2D eigenvalue weighted by Gasteiger charge is 2.30. The Labute approximate surface area is 168 Å². The topological polar surface area (TPSA) is 120 Å². The van der Waals surface area contributed by atoms with Gasteiger partial charge in [-0.25, -0.2) is 17.9 Å². The number of benzene rings is 1. The number of carbonyl (C=O) groups excluding carboxylic acids is 2. The fraction of sp³-hybridized carbons (Fsp3) is 0.368. The molecule has 29 heavy (non-hydrogen) atoms. The number of rotatable bonds is 7. The molecular weight excluding hydrogens is 396 g/mol. The molecule has 1 amide bonds. The molecule has 0 unspecified atom stereocenters. The van der Waals surface area contributed by atoms with E-state index in [1.165, 1.54) is 19.1 Å². The molecule has 2 heterocycles. The van der Waals surface area contributed by atoms with Gasteiger partial charge >= 0.3 is 5.97 Å². The van der Waals surface area contributed by atoms with Crippen LogP contribution in [-0.4, -0.2) is 58.9 Å².